The van der Waals surface area contributed by atoms with Gasteiger partial charge < -0.3 is 0 Å². The summed E-state index contributed by atoms with van der Waals surface area (Å²) in [6, 6.07) is 47.9. The predicted octanol–water partition coefficient (Wildman–Crippen LogP) is 9.42. The first kappa shape index (κ1) is 23.2. The van der Waals surface area contributed by atoms with Crippen molar-refractivity contribution in [3.63, 3.8) is 0 Å². The van der Waals surface area contributed by atoms with Gasteiger partial charge in [-0.1, -0.05) is 127 Å². The van der Waals surface area contributed by atoms with E-state index in [2.05, 4.69) is 97.1 Å². The number of fused-ring (bicyclic) bond motifs is 1. The highest BCUT2D eigenvalue weighted by molar-refractivity contribution is 7.21. The van der Waals surface area contributed by atoms with Crippen LogP contribution in [0.2, 0.25) is 0 Å². The van der Waals surface area contributed by atoms with Crippen LogP contribution in [0, 0.1) is 0 Å². The lowest BCUT2D eigenvalue weighted by molar-refractivity contribution is 1.18. The van der Waals surface area contributed by atoms with E-state index in [1.54, 1.807) is 11.3 Å². The van der Waals surface area contributed by atoms with Crippen LogP contribution in [0.5, 0.6) is 0 Å². The van der Waals surface area contributed by atoms with E-state index in [1.165, 1.54) is 4.70 Å². The van der Waals surface area contributed by atoms with Crippen molar-refractivity contribution in [1.82, 2.24) is 15.0 Å². The number of benzene rings is 5. The van der Waals surface area contributed by atoms with Crippen molar-refractivity contribution in [2.45, 2.75) is 0 Å². The second-order valence-electron chi connectivity index (χ2n) is 9.31. The first-order valence-corrected chi connectivity index (χ1v) is 13.7. The van der Waals surface area contributed by atoms with E-state index >= 15 is 0 Å². The molecule has 7 rings (SSSR count). The molecule has 0 N–H and O–H groups in total. The van der Waals surface area contributed by atoms with Gasteiger partial charge in [-0.15, -0.1) is 11.3 Å². The summed E-state index contributed by atoms with van der Waals surface area (Å²) in [7, 11) is 0. The van der Waals surface area contributed by atoms with Gasteiger partial charge in [-0.05, 0) is 17.7 Å². The fourth-order valence-electron chi connectivity index (χ4n) is 4.77. The zero-order valence-corrected chi connectivity index (χ0v) is 21.8. The quantitative estimate of drug-likeness (QED) is 0.228. The Balaban J connectivity index is 1.29. The van der Waals surface area contributed by atoms with E-state index < -0.39 is 0 Å². The number of thiazole rings is 1. The molecular weight excluding hydrogens is 494 g/mol. The molecule has 0 aliphatic carbocycles. The molecule has 0 aliphatic heterocycles. The molecular formula is C35H23N3S. The molecule has 3 nitrogen and oxygen atoms in total. The van der Waals surface area contributed by atoms with E-state index in [0.29, 0.717) is 0 Å². The third-order valence-corrected chi connectivity index (χ3v) is 7.83. The molecule has 2 aromatic heterocycles. The van der Waals surface area contributed by atoms with Crippen LogP contribution in [0.1, 0.15) is 0 Å². The van der Waals surface area contributed by atoms with Crippen LogP contribution in [0.25, 0.3) is 65.8 Å². The van der Waals surface area contributed by atoms with Gasteiger partial charge in [-0.2, -0.15) is 0 Å². The van der Waals surface area contributed by atoms with Crippen molar-refractivity contribution in [2.24, 2.45) is 0 Å². The molecule has 0 saturated heterocycles. The van der Waals surface area contributed by atoms with Crippen LogP contribution in [0.3, 0.4) is 0 Å². The second kappa shape index (κ2) is 10.1. The minimum atomic E-state index is 0.719. The smallest absolute Gasteiger partial charge is 0.160 e. The van der Waals surface area contributed by atoms with Crippen molar-refractivity contribution >= 4 is 21.6 Å². The molecule has 0 radical (unpaired) electrons. The van der Waals surface area contributed by atoms with Crippen LogP contribution in [0.15, 0.2) is 140 Å². The molecule has 0 saturated carbocycles. The average molecular weight is 518 g/mol. The number of para-hydroxylation sites is 1. The van der Waals surface area contributed by atoms with E-state index in [0.717, 1.165) is 61.1 Å². The second-order valence-corrected chi connectivity index (χ2v) is 10.3. The van der Waals surface area contributed by atoms with Gasteiger partial charge in [0.1, 0.15) is 5.01 Å². The summed E-state index contributed by atoms with van der Waals surface area (Å²) < 4.78 is 1.19. The number of hydrogen-bond acceptors (Lipinski definition) is 4. The van der Waals surface area contributed by atoms with Gasteiger partial charge in [0.25, 0.3) is 0 Å². The molecule has 5 aromatic carbocycles. The average Bonchev–Trinajstić information content (AvgIpc) is 3.47. The minimum absolute atomic E-state index is 0.719. The first-order valence-electron chi connectivity index (χ1n) is 12.9. The topological polar surface area (TPSA) is 38.7 Å². The molecule has 0 unspecified atom stereocenters. The molecule has 0 amide bonds. The molecule has 0 atom stereocenters. The van der Waals surface area contributed by atoms with Crippen LogP contribution in [0.4, 0.5) is 0 Å². The molecule has 0 fully saturated rings. The predicted molar refractivity (Wildman–Crippen MR) is 162 cm³/mol. The lowest BCUT2D eigenvalue weighted by atomic mass is 10.0. The Morgan fingerprint density at radius 3 is 1.59 bits per heavy atom. The van der Waals surface area contributed by atoms with Crippen LogP contribution < -0.4 is 0 Å². The van der Waals surface area contributed by atoms with Gasteiger partial charge in [0.15, 0.2) is 5.82 Å². The van der Waals surface area contributed by atoms with Crippen molar-refractivity contribution in [3.8, 4) is 55.6 Å². The van der Waals surface area contributed by atoms with Gasteiger partial charge in [0, 0.05) is 27.8 Å². The monoisotopic (exact) mass is 517 g/mol. The van der Waals surface area contributed by atoms with Crippen LogP contribution in [-0.4, -0.2) is 15.0 Å². The van der Waals surface area contributed by atoms with E-state index in [4.69, 9.17) is 15.0 Å². The fourth-order valence-corrected chi connectivity index (χ4v) is 5.77. The highest BCUT2D eigenvalue weighted by atomic mass is 32.1. The van der Waals surface area contributed by atoms with Crippen molar-refractivity contribution in [3.05, 3.63) is 140 Å². The normalized spacial score (nSPS) is 11.1. The number of aromatic nitrogens is 3. The maximum absolute atomic E-state index is 5.03. The Hall–Kier alpha value is -4.93. The zero-order chi connectivity index (χ0) is 26.0. The van der Waals surface area contributed by atoms with Gasteiger partial charge in [0.2, 0.25) is 0 Å². The third-order valence-electron chi connectivity index (χ3n) is 6.76. The maximum atomic E-state index is 5.03. The summed E-state index contributed by atoms with van der Waals surface area (Å²) in [6.45, 7) is 0. The fraction of sp³-hybridized carbons (Fsp3) is 0. The number of nitrogens with zero attached hydrogens (tertiary/aromatic N) is 3. The Bertz CT molecular complexity index is 1820. The summed E-state index contributed by atoms with van der Waals surface area (Å²) in [5, 5.41) is 1.04. The Morgan fingerprint density at radius 2 is 0.949 bits per heavy atom. The van der Waals surface area contributed by atoms with Crippen molar-refractivity contribution < 1.29 is 0 Å². The highest BCUT2D eigenvalue weighted by Crippen LogP contribution is 2.36. The molecule has 7 aromatic rings. The Labute approximate surface area is 231 Å². The van der Waals surface area contributed by atoms with Crippen LogP contribution in [-0.2, 0) is 0 Å². The van der Waals surface area contributed by atoms with Gasteiger partial charge in [-0.3, -0.25) is 0 Å². The molecule has 2 heterocycles. The largest absolute Gasteiger partial charge is 0.235 e. The molecule has 4 heteroatoms. The molecule has 184 valence electrons. The Morgan fingerprint density at radius 1 is 0.410 bits per heavy atom. The lowest BCUT2D eigenvalue weighted by Gasteiger charge is -2.10. The number of rotatable bonds is 5. The molecule has 39 heavy (non-hydrogen) atoms. The standard InChI is InChI=1S/C35H23N3S/c1-4-11-25(12-5-1)30-23-31(37-34(36-30)27-13-6-2-7-14-27)26-21-19-24(20-22-26)29-17-10-18-32-33(29)38-35(39-32)28-15-8-3-9-16-28/h1-23H. The summed E-state index contributed by atoms with van der Waals surface area (Å²) in [4.78, 5) is 14.9. The Kier molecular flexibility index (Phi) is 6.00. The van der Waals surface area contributed by atoms with Crippen LogP contribution >= 0.6 is 11.3 Å². The summed E-state index contributed by atoms with van der Waals surface area (Å²) >= 11 is 1.73. The summed E-state index contributed by atoms with van der Waals surface area (Å²) in [5.41, 5.74) is 9.37. The van der Waals surface area contributed by atoms with Gasteiger partial charge in [0.05, 0.1) is 21.6 Å². The van der Waals surface area contributed by atoms with Gasteiger partial charge in [-0.25, -0.2) is 15.0 Å². The highest BCUT2D eigenvalue weighted by Gasteiger charge is 2.13. The minimum Gasteiger partial charge on any atom is -0.235 e. The zero-order valence-electron chi connectivity index (χ0n) is 21.0. The van der Waals surface area contributed by atoms with Gasteiger partial charge >= 0.3 is 0 Å². The number of hydrogen-bond donors (Lipinski definition) is 0. The van der Waals surface area contributed by atoms with E-state index in [1.807, 2.05) is 42.5 Å². The first-order chi connectivity index (χ1) is 19.3. The maximum Gasteiger partial charge on any atom is 0.160 e. The molecule has 0 aliphatic rings. The summed E-state index contributed by atoms with van der Waals surface area (Å²) in [6.07, 6.45) is 0. The summed E-state index contributed by atoms with van der Waals surface area (Å²) in [5.74, 6) is 0.719. The molecule has 0 spiro atoms. The van der Waals surface area contributed by atoms with Crippen molar-refractivity contribution in [1.29, 1.82) is 0 Å². The van der Waals surface area contributed by atoms with Crippen molar-refractivity contribution in [2.75, 3.05) is 0 Å². The van der Waals surface area contributed by atoms with E-state index in [9.17, 15) is 0 Å². The third kappa shape index (κ3) is 4.63. The molecule has 0 bridgehead atoms. The SMILES string of the molecule is c1ccc(-c2cc(-c3ccc(-c4cccc5sc(-c6ccccc6)nc45)cc3)nc(-c3ccccc3)n2)cc1. The van der Waals surface area contributed by atoms with E-state index in [-0.39, 0.29) is 0 Å². The lowest BCUT2D eigenvalue weighted by Crippen LogP contribution is -1.95.